The summed E-state index contributed by atoms with van der Waals surface area (Å²) < 4.78 is 27.5. The van der Waals surface area contributed by atoms with E-state index in [-0.39, 0.29) is 24.7 Å². The minimum Gasteiger partial charge on any atom is -0.478 e. The lowest BCUT2D eigenvalue weighted by Crippen LogP contribution is -2.15. The second-order valence-corrected chi connectivity index (χ2v) is 3.28. The molecule has 0 amide bonds. The van der Waals surface area contributed by atoms with Crippen LogP contribution in [0.2, 0.25) is 0 Å². The third-order valence-corrected chi connectivity index (χ3v) is 1.81. The molecule has 5 nitrogen and oxygen atoms in total. The number of ether oxygens (including phenoxy) is 3. The lowest BCUT2D eigenvalue weighted by molar-refractivity contribution is -0.145. The van der Waals surface area contributed by atoms with Crippen molar-refractivity contribution in [2.24, 2.45) is 0 Å². The predicted octanol–water partition coefficient (Wildman–Crippen LogP) is 1.69. The predicted molar refractivity (Wildman–Crippen MR) is 59.8 cm³/mol. The molecular formula is C12H13FO5. The van der Waals surface area contributed by atoms with Gasteiger partial charge < -0.3 is 14.2 Å². The Balaban J connectivity index is 2.74. The molecule has 0 aromatic heterocycles. The Kier molecular flexibility index (Phi) is 5.10. The summed E-state index contributed by atoms with van der Waals surface area (Å²) in [6.45, 7) is 2.75. The molecule has 0 bridgehead atoms. The highest BCUT2D eigenvalue weighted by atomic mass is 19.1. The van der Waals surface area contributed by atoms with Crippen molar-refractivity contribution in [2.75, 3.05) is 13.2 Å². The third-order valence-electron chi connectivity index (χ3n) is 1.81. The van der Waals surface area contributed by atoms with Gasteiger partial charge in [-0.2, -0.15) is 0 Å². The quantitative estimate of drug-likeness (QED) is 0.592. The zero-order chi connectivity index (χ0) is 13.5. The van der Waals surface area contributed by atoms with Crippen LogP contribution in [-0.4, -0.2) is 25.2 Å². The molecule has 1 rings (SSSR count). The smallest absolute Gasteiger partial charge is 0.344 e. The van der Waals surface area contributed by atoms with Gasteiger partial charge in [0.2, 0.25) is 0 Å². The minimum atomic E-state index is -0.610. The summed E-state index contributed by atoms with van der Waals surface area (Å²) in [6, 6.07) is 3.40. The van der Waals surface area contributed by atoms with E-state index in [0.717, 1.165) is 12.1 Å². The summed E-state index contributed by atoms with van der Waals surface area (Å²) in [5, 5.41) is 0. The van der Waals surface area contributed by atoms with Crippen LogP contribution in [0.5, 0.6) is 11.5 Å². The van der Waals surface area contributed by atoms with Crippen LogP contribution in [0.1, 0.15) is 13.8 Å². The van der Waals surface area contributed by atoms with Crippen molar-refractivity contribution < 1.29 is 28.2 Å². The van der Waals surface area contributed by atoms with Crippen molar-refractivity contribution >= 4 is 11.9 Å². The molecule has 6 heteroatoms. The molecule has 1 aromatic carbocycles. The maximum atomic E-state index is 13.0. The van der Waals surface area contributed by atoms with Crippen molar-refractivity contribution in [1.82, 2.24) is 0 Å². The Morgan fingerprint density at radius 1 is 1.28 bits per heavy atom. The molecule has 1 aromatic rings. The number of hydrogen-bond donors (Lipinski definition) is 0. The van der Waals surface area contributed by atoms with E-state index in [1.165, 1.54) is 13.0 Å². The van der Waals surface area contributed by atoms with Crippen molar-refractivity contribution in [3.05, 3.63) is 24.0 Å². The van der Waals surface area contributed by atoms with Crippen LogP contribution in [0.4, 0.5) is 4.39 Å². The van der Waals surface area contributed by atoms with Crippen LogP contribution in [0.15, 0.2) is 18.2 Å². The Labute approximate surface area is 103 Å². The second-order valence-electron chi connectivity index (χ2n) is 3.28. The van der Waals surface area contributed by atoms with Gasteiger partial charge in [0.15, 0.2) is 18.1 Å². The lowest BCUT2D eigenvalue weighted by Gasteiger charge is -2.10. The molecule has 0 atom stereocenters. The van der Waals surface area contributed by atoms with Crippen LogP contribution in [0, 0.1) is 5.82 Å². The van der Waals surface area contributed by atoms with E-state index in [2.05, 4.69) is 4.74 Å². The Morgan fingerprint density at radius 3 is 2.61 bits per heavy atom. The number of carbonyl (C=O) groups is 2. The fraction of sp³-hybridized carbons (Fsp3) is 0.333. The first-order valence-electron chi connectivity index (χ1n) is 5.29. The fourth-order valence-electron chi connectivity index (χ4n) is 1.18. The molecule has 18 heavy (non-hydrogen) atoms. The Morgan fingerprint density at radius 2 is 2.00 bits per heavy atom. The average molecular weight is 256 g/mol. The van der Waals surface area contributed by atoms with Crippen molar-refractivity contribution in [3.8, 4) is 11.5 Å². The largest absolute Gasteiger partial charge is 0.478 e. The molecule has 0 aliphatic carbocycles. The van der Waals surface area contributed by atoms with Gasteiger partial charge in [0.05, 0.1) is 6.61 Å². The first-order chi connectivity index (χ1) is 8.52. The molecule has 98 valence electrons. The second kappa shape index (κ2) is 6.58. The molecule has 0 aliphatic heterocycles. The van der Waals surface area contributed by atoms with Gasteiger partial charge in [0.25, 0.3) is 0 Å². The molecule has 0 saturated carbocycles. The number of carbonyl (C=O) groups excluding carboxylic acids is 2. The highest BCUT2D eigenvalue weighted by molar-refractivity contribution is 5.72. The summed E-state index contributed by atoms with van der Waals surface area (Å²) in [7, 11) is 0. The van der Waals surface area contributed by atoms with Crippen LogP contribution >= 0.6 is 0 Å². The molecule has 0 saturated heterocycles. The number of benzene rings is 1. The van der Waals surface area contributed by atoms with Gasteiger partial charge in [-0.1, -0.05) is 0 Å². The highest BCUT2D eigenvalue weighted by Gasteiger charge is 2.11. The third kappa shape index (κ3) is 4.40. The molecule has 0 radical (unpaired) electrons. The van der Waals surface area contributed by atoms with E-state index in [1.54, 1.807) is 6.92 Å². The van der Waals surface area contributed by atoms with Crippen LogP contribution in [0.25, 0.3) is 0 Å². The van der Waals surface area contributed by atoms with Gasteiger partial charge in [-0.3, -0.25) is 4.79 Å². The van der Waals surface area contributed by atoms with Crippen molar-refractivity contribution in [1.29, 1.82) is 0 Å². The van der Waals surface area contributed by atoms with E-state index in [9.17, 15) is 14.0 Å². The van der Waals surface area contributed by atoms with E-state index in [1.807, 2.05) is 0 Å². The van der Waals surface area contributed by atoms with Gasteiger partial charge in [-0.25, -0.2) is 9.18 Å². The van der Waals surface area contributed by atoms with E-state index >= 15 is 0 Å². The monoisotopic (exact) mass is 256 g/mol. The Bertz CT molecular complexity index is 444. The highest BCUT2D eigenvalue weighted by Crippen LogP contribution is 2.28. The zero-order valence-electron chi connectivity index (χ0n) is 10.1. The maximum Gasteiger partial charge on any atom is 0.344 e. The van der Waals surface area contributed by atoms with Gasteiger partial charge in [0, 0.05) is 13.0 Å². The van der Waals surface area contributed by atoms with Gasteiger partial charge in [0.1, 0.15) is 5.82 Å². The van der Waals surface area contributed by atoms with Crippen LogP contribution < -0.4 is 9.47 Å². The van der Waals surface area contributed by atoms with E-state index in [4.69, 9.17) is 9.47 Å². The first-order valence-corrected chi connectivity index (χ1v) is 5.29. The average Bonchev–Trinajstić information content (AvgIpc) is 2.27. The number of esters is 2. The SMILES string of the molecule is CCOC(=O)COc1ccc(F)cc1OC(C)=O. The van der Waals surface area contributed by atoms with E-state index < -0.39 is 17.8 Å². The minimum absolute atomic E-state index is 0.0770. The zero-order valence-corrected chi connectivity index (χ0v) is 10.1. The summed E-state index contributed by atoms with van der Waals surface area (Å²) >= 11 is 0. The standard InChI is InChI=1S/C12H13FO5/c1-3-16-12(15)7-17-10-5-4-9(13)6-11(10)18-8(2)14/h4-6H,3,7H2,1-2H3. The van der Waals surface area contributed by atoms with Gasteiger partial charge in [-0.15, -0.1) is 0 Å². The molecule has 0 heterocycles. The topological polar surface area (TPSA) is 61.8 Å². The van der Waals surface area contributed by atoms with Gasteiger partial charge in [-0.05, 0) is 19.1 Å². The maximum absolute atomic E-state index is 13.0. The molecule has 0 unspecified atom stereocenters. The van der Waals surface area contributed by atoms with Crippen LogP contribution in [-0.2, 0) is 14.3 Å². The fourth-order valence-corrected chi connectivity index (χ4v) is 1.18. The molecule has 0 spiro atoms. The molecule has 0 N–H and O–H groups in total. The molecular weight excluding hydrogens is 243 g/mol. The lowest BCUT2D eigenvalue weighted by atomic mass is 10.3. The summed E-state index contributed by atoms with van der Waals surface area (Å²) in [4.78, 5) is 21.9. The van der Waals surface area contributed by atoms with E-state index in [0.29, 0.717) is 0 Å². The molecule has 0 aliphatic rings. The van der Waals surface area contributed by atoms with Gasteiger partial charge >= 0.3 is 11.9 Å². The van der Waals surface area contributed by atoms with Crippen LogP contribution in [0.3, 0.4) is 0 Å². The first kappa shape index (κ1) is 14.0. The number of hydrogen-bond acceptors (Lipinski definition) is 5. The van der Waals surface area contributed by atoms with Crippen molar-refractivity contribution in [3.63, 3.8) is 0 Å². The molecule has 0 fully saturated rings. The Hall–Kier alpha value is -2.11. The normalized spacial score (nSPS) is 9.72. The summed E-state index contributed by atoms with van der Waals surface area (Å²) in [5.41, 5.74) is 0. The van der Waals surface area contributed by atoms with Crippen molar-refractivity contribution in [2.45, 2.75) is 13.8 Å². The summed E-state index contributed by atoms with van der Waals surface area (Å²) in [5.74, 6) is -1.72. The number of halogens is 1. The number of rotatable bonds is 5. The summed E-state index contributed by atoms with van der Waals surface area (Å²) in [6.07, 6.45) is 0.